The molecule has 1 amide bonds. The summed E-state index contributed by atoms with van der Waals surface area (Å²) in [6.07, 6.45) is 0. The fourth-order valence-electron chi connectivity index (χ4n) is 2.23. The normalized spacial score (nSPS) is 19.8. The van der Waals surface area contributed by atoms with Gasteiger partial charge in [0, 0.05) is 36.8 Å². The smallest absolute Gasteiger partial charge is 0.322 e. The van der Waals surface area contributed by atoms with Gasteiger partial charge in [-0.15, -0.1) is 0 Å². The van der Waals surface area contributed by atoms with Gasteiger partial charge >= 0.3 is 5.97 Å². The number of amides is 1. The maximum atomic E-state index is 11.2. The third-order valence-corrected chi connectivity index (χ3v) is 3.70. The molecule has 1 fully saturated rings. The van der Waals surface area contributed by atoms with Crippen LogP contribution in [0.15, 0.2) is 18.2 Å². The molecule has 1 aromatic rings. The Kier molecular flexibility index (Phi) is 4.59. The summed E-state index contributed by atoms with van der Waals surface area (Å²) in [5.74, 6) is -1.40. The fraction of sp³-hybridized carbons (Fsp3) is 0.385. The Hall–Kier alpha value is -1.63. The predicted octanol–water partition coefficient (Wildman–Crippen LogP) is 0.297. The van der Waals surface area contributed by atoms with Crippen LogP contribution in [0, 0.1) is 0 Å². The van der Waals surface area contributed by atoms with Crippen molar-refractivity contribution >= 4 is 23.5 Å². The maximum absolute atomic E-state index is 11.2. The number of piperazine rings is 1. The largest absolute Gasteiger partial charge is 0.480 e. The standard InChI is InChI=1S/C13H16ClN3O3/c14-10-5-8(12(15)18)1-2-9(10)7-17-4-3-16-6-11(17)13(19)20/h1-2,5,11,16H,3-4,6-7H2,(H2,15,18)(H,19,20). The van der Waals surface area contributed by atoms with Crippen molar-refractivity contribution in [3.63, 3.8) is 0 Å². The highest BCUT2D eigenvalue weighted by molar-refractivity contribution is 6.31. The number of primary amides is 1. The number of rotatable bonds is 4. The summed E-state index contributed by atoms with van der Waals surface area (Å²) in [5.41, 5.74) is 6.31. The minimum Gasteiger partial charge on any atom is -0.480 e. The molecule has 6 nitrogen and oxygen atoms in total. The van der Waals surface area contributed by atoms with Crippen molar-refractivity contribution in [1.29, 1.82) is 0 Å². The van der Waals surface area contributed by atoms with Crippen molar-refractivity contribution in [3.8, 4) is 0 Å². The first-order valence-electron chi connectivity index (χ1n) is 6.25. The molecule has 1 unspecified atom stereocenters. The number of carboxylic acid groups (broad SMARTS) is 1. The molecule has 1 aliphatic rings. The van der Waals surface area contributed by atoms with E-state index in [4.69, 9.17) is 17.3 Å². The van der Waals surface area contributed by atoms with Crippen LogP contribution in [0.5, 0.6) is 0 Å². The van der Waals surface area contributed by atoms with Crippen molar-refractivity contribution in [2.24, 2.45) is 5.73 Å². The molecule has 1 saturated heterocycles. The molecule has 0 aromatic heterocycles. The number of aliphatic carboxylic acids is 1. The SMILES string of the molecule is NC(=O)c1ccc(CN2CCNCC2C(=O)O)c(Cl)c1. The molecule has 108 valence electrons. The summed E-state index contributed by atoms with van der Waals surface area (Å²) in [6.45, 7) is 2.20. The molecule has 20 heavy (non-hydrogen) atoms. The number of benzene rings is 1. The first-order chi connectivity index (χ1) is 9.49. The van der Waals surface area contributed by atoms with Crippen molar-refractivity contribution in [2.75, 3.05) is 19.6 Å². The number of carbonyl (C=O) groups excluding carboxylic acids is 1. The van der Waals surface area contributed by atoms with Gasteiger partial charge in [0.25, 0.3) is 0 Å². The number of hydrogen-bond acceptors (Lipinski definition) is 4. The average Bonchev–Trinajstić information content (AvgIpc) is 2.41. The molecule has 1 atom stereocenters. The highest BCUT2D eigenvalue weighted by Gasteiger charge is 2.28. The molecule has 0 saturated carbocycles. The highest BCUT2D eigenvalue weighted by Crippen LogP contribution is 2.21. The number of hydrogen-bond donors (Lipinski definition) is 3. The van der Waals surface area contributed by atoms with E-state index in [0.29, 0.717) is 30.2 Å². The van der Waals surface area contributed by atoms with E-state index in [2.05, 4.69) is 5.32 Å². The molecule has 1 heterocycles. The maximum Gasteiger partial charge on any atom is 0.322 e. The average molecular weight is 298 g/mol. The highest BCUT2D eigenvalue weighted by atomic mass is 35.5. The van der Waals surface area contributed by atoms with E-state index in [9.17, 15) is 14.7 Å². The first kappa shape index (κ1) is 14.8. The number of nitrogens with zero attached hydrogens (tertiary/aromatic N) is 1. The second-order valence-corrected chi connectivity index (χ2v) is 5.11. The molecule has 1 aliphatic heterocycles. The third kappa shape index (κ3) is 3.27. The molecule has 0 spiro atoms. The third-order valence-electron chi connectivity index (χ3n) is 3.35. The monoisotopic (exact) mass is 297 g/mol. The lowest BCUT2D eigenvalue weighted by Crippen LogP contribution is -2.54. The number of nitrogens with two attached hydrogens (primary N) is 1. The molecule has 0 aliphatic carbocycles. The molecule has 0 radical (unpaired) electrons. The van der Waals surface area contributed by atoms with Crippen molar-refractivity contribution in [3.05, 3.63) is 34.3 Å². The quantitative estimate of drug-likeness (QED) is 0.743. The second-order valence-electron chi connectivity index (χ2n) is 4.70. The zero-order valence-electron chi connectivity index (χ0n) is 10.8. The number of nitrogens with one attached hydrogen (secondary N) is 1. The van der Waals surface area contributed by atoms with Crippen LogP contribution in [-0.4, -0.2) is 47.6 Å². The Morgan fingerprint density at radius 1 is 1.50 bits per heavy atom. The summed E-state index contributed by atoms with van der Waals surface area (Å²) in [4.78, 5) is 24.1. The van der Waals surface area contributed by atoms with E-state index in [1.165, 1.54) is 6.07 Å². The van der Waals surface area contributed by atoms with Gasteiger partial charge in [-0.3, -0.25) is 14.5 Å². The Morgan fingerprint density at radius 2 is 2.25 bits per heavy atom. The Labute approximate surface area is 121 Å². The summed E-state index contributed by atoms with van der Waals surface area (Å²) in [6, 6.07) is 4.25. The van der Waals surface area contributed by atoms with E-state index in [1.807, 2.05) is 4.90 Å². The van der Waals surface area contributed by atoms with Crippen molar-refractivity contribution < 1.29 is 14.7 Å². The van der Waals surface area contributed by atoms with Gasteiger partial charge in [0.15, 0.2) is 0 Å². The molecule has 1 aromatic carbocycles. The van der Waals surface area contributed by atoms with Crippen molar-refractivity contribution in [2.45, 2.75) is 12.6 Å². The number of halogens is 1. The van der Waals surface area contributed by atoms with Gasteiger partial charge in [0.2, 0.25) is 5.91 Å². The van der Waals surface area contributed by atoms with Crippen LogP contribution in [0.4, 0.5) is 0 Å². The van der Waals surface area contributed by atoms with E-state index >= 15 is 0 Å². The lowest BCUT2D eigenvalue weighted by atomic mass is 10.1. The number of carbonyl (C=O) groups is 2. The Bertz CT molecular complexity index is 536. The lowest BCUT2D eigenvalue weighted by Gasteiger charge is -2.33. The zero-order valence-corrected chi connectivity index (χ0v) is 11.6. The van der Waals surface area contributed by atoms with Gasteiger partial charge in [0.05, 0.1) is 0 Å². The van der Waals surface area contributed by atoms with Crippen LogP contribution in [0.1, 0.15) is 15.9 Å². The van der Waals surface area contributed by atoms with Crippen LogP contribution in [-0.2, 0) is 11.3 Å². The van der Waals surface area contributed by atoms with Crippen LogP contribution < -0.4 is 11.1 Å². The second kappa shape index (κ2) is 6.21. The summed E-state index contributed by atoms with van der Waals surface area (Å²) >= 11 is 6.12. The Morgan fingerprint density at radius 3 is 2.85 bits per heavy atom. The van der Waals surface area contributed by atoms with Crippen LogP contribution >= 0.6 is 11.6 Å². The topological polar surface area (TPSA) is 95.7 Å². The van der Waals surface area contributed by atoms with E-state index in [0.717, 1.165) is 12.1 Å². The van der Waals surface area contributed by atoms with Gasteiger partial charge in [-0.05, 0) is 17.7 Å². The lowest BCUT2D eigenvalue weighted by molar-refractivity contribution is -0.144. The van der Waals surface area contributed by atoms with Gasteiger partial charge in [0.1, 0.15) is 6.04 Å². The van der Waals surface area contributed by atoms with E-state index in [1.54, 1.807) is 12.1 Å². The summed E-state index contributed by atoms with van der Waals surface area (Å²) in [7, 11) is 0. The molecule has 0 bridgehead atoms. The zero-order chi connectivity index (χ0) is 14.7. The van der Waals surface area contributed by atoms with Crippen LogP contribution in [0.2, 0.25) is 5.02 Å². The van der Waals surface area contributed by atoms with Crippen LogP contribution in [0.3, 0.4) is 0 Å². The summed E-state index contributed by atoms with van der Waals surface area (Å²) < 4.78 is 0. The fourth-order valence-corrected chi connectivity index (χ4v) is 2.47. The minimum atomic E-state index is -0.859. The first-order valence-corrected chi connectivity index (χ1v) is 6.62. The van der Waals surface area contributed by atoms with E-state index in [-0.39, 0.29) is 0 Å². The van der Waals surface area contributed by atoms with E-state index < -0.39 is 17.9 Å². The molecular formula is C13H16ClN3O3. The predicted molar refractivity (Wildman–Crippen MR) is 74.7 cm³/mol. The van der Waals surface area contributed by atoms with Gasteiger partial charge in [-0.2, -0.15) is 0 Å². The van der Waals surface area contributed by atoms with Gasteiger partial charge < -0.3 is 16.2 Å². The van der Waals surface area contributed by atoms with Crippen molar-refractivity contribution in [1.82, 2.24) is 10.2 Å². The molecule has 4 N–H and O–H groups in total. The number of carboxylic acids is 1. The Balaban J connectivity index is 2.16. The summed E-state index contributed by atoms with van der Waals surface area (Å²) in [5, 5.41) is 12.7. The van der Waals surface area contributed by atoms with Gasteiger partial charge in [-0.1, -0.05) is 17.7 Å². The van der Waals surface area contributed by atoms with Crippen LogP contribution in [0.25, 0.3) is 0 Å². The molecule has 7 heteroatoms. The van der Waals surface area contributed by atoms with Gasteiger partial charge in [-0.25, -0.2) is 0 Å². The molecular weight excluding hydrogens is 282 g/mol. The molecule has 2 rings (SSSR count). The minimum absolute atomic E-state index is 0.342.